The van der Waals surface area contributed by atoms with Gasteiger partial charge in [0.25, 0.3) is 5.91 Å². The molecule has 0 spiro atoms. The standard InChI is InChI=1S/C20H15BrF3N5OS/c21-15-3-1-13(2-4-15)9-29-11-16(8-25-29)26-19(30)17-7-14(12-31-17)10-28-6-5-18(27-28)20(22,23)24/h1-8,11-12H,9-10H2,(H,26,30). The van der Waals surface area contributed by atoms with E-state index in [0.29, 0.717) is 22.7 Å². The maximum Gasteiger partial charge on any atom is 0.435 e. The molecule has 11 heteroatoms. The first-order valence-electron chi connectivity index (χ1n) is 9.02. The predicted molar refractivity (Wildman–Crippen MR) is 114 cm³/mol. The Hall–Kier alpha value is -2.92. The minimum absolute atomic E-state index is 0.144. The lowest BCUT2D eigenvalue weighted by atomic mass is 10.2. The van der Waals surface area contributed by atoms with Gasteiger partial charge >= 0.3 is 6.18 Å². The van der Waals surface area contributed by atoms with Crippen molar-refractivity contribution in [1.82, 2.24) is 19.6 Å². The van der Waals surface area contributed by atoms with Gasteiger partial charge in [-0.25, -0.2) is 0 Å². The number of aromatic nitrogens is 4. The molecule has 4 rings (SSSR count). The van der Waals surface area contributed by atoms with Crippen LogP contribution in [0.25, 0.3) is 0 Å². The second kappa shape index (κ2) is 8.67. The average molecular weight is 510 g/mol. The van der Waals surface area contributed by atoms with E-state index < -0.39 is 11.9 Å². The van der Waals surface area contributed by atoms with Crippen LogP contribution in [-0.4, -0.2) is 25.5 Å². The van der Waals surface area contributed by atoms with Crippen molar-refractivity contribution in [2.45, 2.75) is 19.3 Å². The third-order valence-corrected chi connectivity index (χ3v) is 5.81. The number of benzene rings is 1. The fourth-order valence-corrected chi connectivity index (χ4v) is 3.91. The number of carbonyl (C=O) groups excluding carboxylic acids is 1. The summed E-state index contributed by atoms with van der Waals surface area (Å²) in [6.07, 6.45) is 0.0807. The van der Waals surface area contributed by atoms with Crippen LogP contribution >= 0.6 is 27.3 Å². The molecule has 0 saturated heterocycles. The van der Waals surface area contributed by atoms with Gasteiger partial charge in [0.15, 0.2) is 5.69 Å². The van der Waals surface area contributed by atoms with E-state index in [1.54, 1.807) is 28.5 Å². The smallest absolute Gasteiger partial charge is 0.319 e. The quantitative estimate of drug-likeness (QED) is 0.385. The van der Waals surface area contributed by atoms with E-state index in [1.807, 2.05) is 24.3 Å². The number of rotatable bonds is 6. The highest BCUT2D eigenvalue weighted by molar-refractivity contribution is 9.10. The van der Waals surface area contributed by atoms with Crippen LogP contribution in [0.1, 0.15) is 26.5 Å². The Labute approximate surface area is 187 Å². The fraction of sp³-hybridized carbons (Fsp3) is 0.150. The summed E-state index contributed by atoms with van der Waals surface area (Å²) in [7, 11) is 0. The second-order valence-corrected chi connectivity index (χ2v) is 8.55. The number of thiophene rings is 1. The number of halogens is 4. The summed E-state index contributed by atoms with van der Waals surface area (Å²) in [4.78, 5) is 12.9. The monoisotopic (exact) mass is 509 g/mol. The first-order valence-corrected chi connectivity index (χ1v) is 10.7. The molecule has 0 saturated carbocycles. The number of anilines is 1. The molecule has 0 aliphatic rings. The maximum absolute atomic E-state index is 12.7. The van der Waals surface area contributed by atoms with Gasteiger partial charge in [0.1, 0.15) is 0 Å². The SMILES string of the molecule is O=C(Nc1cnn(Cc2ccc(Br)cc2)c1)c1cc(Cn2ccc(C(F)(F)F)n2)cs1. The molecular weight excluding hydrogens is 495 g/mol. The third-order valence-electron chi connectivity index (χ3n) is 4.30. The van der Waals surface area contributed by atoms with Crippen LogP contribution in [0, 0.1) is 0 Å². The number of carbonyl (C=O) groups is 1. The van der Waals surface area contributed by atoms with Gasteiger partial charge in [0.05, 0.1) is 29.9 Å². The van der Waals surface area contributed by atoms with Gasteiger partial charge in [0, 0.05) is 16.9 Å². The molecule has 31 heavy (non-hydrogen) atoms. The summed E-state index contributed by atoms with van der Waals surface area (Å²) >= 11 is 4.61. The van der Waals surface area contributed by atoms with Gasteiger partial charge in [-0.2, -0.15) is 23.4 Å². The molecule has 0 radical (unpaired) electrons. The Morgan fingerprint density at radius 1 is 1.10 bits per heavy atom. The van der Waals surface area contributed by atoms with Crippen molar-refractivity contribution >= 4 is 38.9 Å². The average Bonchev–Trinajstić information content (AvgIpc) is 3.45. The van der Waals surface area contributed by atoms with Crippen molar-refractivity contribution in [2.75, 3.05) is 5.32 Å². The molecule has 0 aliphatic heterocycles. The summed E-state index contributed by atoms with van der Waals surface area (Å²) in [5, 5.41) is 12.3. The molecule has 0 bridgehead atoms. The number of alkyl halides is 3. The highest BCUT2D eigenvalue weighted by Gasteiger charge is 2.33. The van der Waals surface area contributed by atoms with Crippen molar-refractivity contribution in [3.05, 3.63) is 86.5 Å². The first-order chi connectivity index (χ1) is 14.8. The Morgan fingerprint density at radius 2 is 1.84 bits per heavy atom. The molecule has 4 aromatic rings. The van der Waals surface area contributed by atoms with Crippen molar-refractivity contribution in [3.8, 4) is 0 Å². The minimum Gasteiger partial charge on any atom is -0.319 e. The van der Waals surface area contributed by atoms with E-state index in [0.717, 1.165) is 16.1 Å². The number of amides is 1. The van der Waals surface area contributed by atoms with E-state index in [4.69, 9.17) is 0 Å². The molecule has 1 aromatic carbocycles. The van der Waals surface area contributed by atoms with Crippen LogP contribution in [0.4, 0.5) is 18.9 Å². The molecule has 1 amide bonds. The number of hydrogen-bond acceptors (Lipinski definition) is 4. The molecule has 0 atom stereocenters. The van der Waals surface area contributed by atoms with Gasteiger partial charge in [-0.3, -0.25) is 14.2 Å². The summed E-state index contributed by atoms with van der Waals surface area (Å²) in [5.74, 6) is -0.309. The minimum atomic E-state index is -4.48. The molecule has 160 valence electrons. The lowest BCUT2D eigenvalue weighted by Crippen LogP contribution is -2.10. The van der Waals surface area contributed by atoms with Crippen LogP contribution in [0.2, 0.25) is 0 Å². The van der Waals surface area contributed by atoms with E-state index in [2.05, 4.69) is 31.4 Å². The van der Waals surface area contributed by atoms with E-state index in [9.17, 15) is 18.0 Å². The highest BCUT2D eigenvalue weighted by atomic mass is 79.9. The van der Waals surface area contributed by atoms with Crippen LogP contribution in [0.15, 0.2) is 64.8 Å². The number of nitrogens with zero attached hydrogens (tertiary/aromatic N) is 4. The van der Waals surface area contributed by atoms with E-state index in [1.165, 1.54) is 22.2 Å². The Balaban J connectivity index is 1.36. The lowest BCUT2D eigenvalue weighted by Gasteiger charge is -2.02. The summed E-state index contributed by atoms with van der Waals surface area (Å²) in [5.41, 5.74) is 1.37. The maximum atomic E-state index is 12.7. The molecule has 0 fully saturated rings. The third kappa shape index (κ3) is 5.42. The first kappa shape index (κ1) is 21.3. The van der Waals surface area contributed by atoms with Crippen LogP contribution in [0.5, 0.6) is 0 Å². The van der Waals surface area contributed by atoms with Crippen molar-refractivity contribution in [3.63, 3.8) is 0 Å². The van der Waals surface area contributed by atoms with Gasteiger partial charge in [-0.15, -0.1) is 11.3 Å². The van der Waals surface area contributed by atoms with Crippen LogP contribution in [0.3, 0.4) is 0 Å². The van der Waals surface area contributed by atoms with E-state index in [-0.39, 0.29) is 12.5 Å². The molecule has 0 unspecified atom stereocenters. The van der Waals surface area contributed by atoms with E-state index >= 15 is 0 Å². The van der Waals surface area contributed by atoms with Crippen molar-refractivity contribution < 1.29 is 18.0 Å². The molecule has 3 aromatic heterocycles. The topological polar surface area (TPSA) is 64.7 Å². The Morgan fingerprint density at radius 3 is 2.55 bits per heavy atom. The Kier molecular flexibility index (Phi) is 5.96. The normalized spacial score (nSPS) is 11.6. The molecular formula is C20H15BrF3N5OS. The molecule has 1 N–H and O–H groups in total. The van der Waals surface area contributed by atoms with Crippen molar-refractivity contribution in [2.24, 2.45) is 0 Å². The summed E-state index contributed by atoms with van der Waals surface area (Å²) in [6, 6.07) is 10.4. The van der Waals surface area contributed by atoms with Crippen LogP contribution in [-0.2, 0) is 19.3 Å². The molecule has 3 heterocycles. The zero-order chi connectivity index (χ0) is 22.0. The fourth-order valence-electron chi connectivity index (χ4n) is 2.85. The van der Waals surface area contributed by atoms with Gasteiger partial charge in [-0.05, 0) is 40.8 Å². The number of nitrogens with one attached hydrogen (secondary N) is 1. The number of hydrogen-bond donors (Lipinski definition) is 1. The molecule has 6 nitrogen and oxygen atoms in total. The highest BCUT2D eigenvalue weighted by Crippen LogP contribution is 2.27. The van der Waals surface area contributed by atoms with Crippen LogP contribution < -0.4 is 5.32 Å². The van der Waals surface area contributed by atoms with Gasteiger partial charge in [0.2, 0.25) is 0 Å². The Bertz CT molecular complexity index is 1200. The molecule has 0 aliphatic carbocycles. The second-order valence-electron chi connectivity index (χ2n) is 6.72. The summed E-state index contributed by atoms with van der Waals surface area (Å²) in [6.45, 7) is 0.709. The zero-order valence-electron chi connectivity index (χ0n) is 15.8. The lowest BCUT2D eigenvalue weighted by molar-refractivity contribution is -0.141. The zero-order valence-corrected chi connectivity index (χ0v) is 18.2. The predicted octanol–water partition coefficient (Wildman–Crippen LogP) is 5.27. The largest absolute Gasteiger partial charge is 0.435 e. The summed E-state index contributed by atoms with van der Waals surface area (Å²) < 4.78 is 41.9. The van der Waals surface area contributed by atoms with Gasteiger partial charge < -0.3 is 5.32 Å². The van der Waals surface area contributed by atoms with Gasteiger partial charge in [-0.1, -0.05) is 28.1 Å². The van der Waals surface area contributed by atoms with Crippen molar-refractivity contribution in [1.29, 1.82) is 0 Å².